The fourth-order valence-electron chi connectivity index (χ4n) is 2.76. The third-order valence-electron chi connectivity index (χ3n) is 4.13. The van der Waals surface area contributed by atoms with Crippen LogP contribution in [0.5, 0.6) is 0 Å². The summed E-state index contributed by atoms with van der Waals surface area (Å²) in [4.78, 5) is 0. The van der Waals surface area contributed by atoms with Crippen molar-refractivity contribution in [2.24, 2.45) is 0 Å². The molecule has 2 aliphatic rings. The van der Waals surface area contributed by atoms with Gasteiger partial charge in [0.2, 0.25) is 0 Å². The van der Waals surface area contributed by atoms with Crippen molar-refractivity contribution in [2.45, 2.75) is 55.3 Å². The topological polar surface area (TPSA) is 32.3 Å². The lowest BCUT2D eigenvalue weighted by molar-refractivity contribution is 0.0465. The van der Waals surface area contributed by atoms with Gasteiger partial charge in [-0.3, -0.25) is 0 Å². The number of nitrogens with one attached hydrogen (secondary N) is 1. The summed E-state index contributed by atoms with van der Waals surface area (Å²) in [5.41, 5.74) is -0.386. The van der Waals surface area contributed by atoms with Gasteiger partial charge in [-0.15, -0.1) is 0 Å². The zero-order valence-corrected chi connectivity index (χ0v) is 10.5. The maximum atomic E-state index is 10.2. The Labute approximate surface area is 97.2 Å². The third-order valence-corrected chi connectivity index (χ3v) is 5.55. The van der Waals surface area contributed by atoms with Crippen LogP contribution >= 0.6 is 11.8 Å². The molecule has 2 nitrogen and oxygen atoms in total. The third kappa shape index (κ3) is 2.69. The highest BCUT2D eigenvalue weighted by Crippen LogP contribution is 2.42. The van der Waals surface area contributed by atoms with Gasteiger partial charge in [0.05, 0.1) is 5.60 Å². The van der Waals surface area contributed by atoms with Gasteiger partial charge in [-0.25, -0.2) is 0 Å². The van der Waals surface area contributed by atoms with Gasteiger partial charge in [0.25, 0.3) is 0 Å². The average molecular weight is 229 g/mol. The molecular weight excluding hydrogens is 206 g/mol. The molecule has 2 N–H and O–H groups in total. The molecular formula is C12H23NOS. The molecule has 2 rings (SSSR count). The molecule has 15 heavy (non-hydrogen) atoms. The Morgan fingerprint density at radius 2 is 1.73 bits per heavy atom. The Morgan fingerprint density at radius 3 is 2.20 bits per heavy atom. The smallest absolute Gasteiger partial charge is 0.0771 e. The zero-order chi connectivity index (χ0) is 10.8. The lowest BCUT2D eigenvalue weighted by atomic mass is 9.84. The van der Waals surface area contributed by atoms with Crippen molar-refractivity contribution in [2.75, 3.05) is 19.3 Å². The molecule has 0 bridgehead atoms. The second-order valence-corrected chi connectivity index (χ2v) is 6.55. The van der Waals surface area contributed by atoms with E-state index in [1.807, 2.05) is 11.8 Å². The van der Waals surface area contributed by atoms with Crippen LogP contribution in [0.15, 0.2) is 0 Å². The average Bonchev–Trinajstić information content (AvgIpc) is 2.58. The van der Waals surface area contributed by atoms with E-state index in [-0.39, 0.29) is 5.60 Å². The van der Waals surface area contributed by atoms with Crippen molar-refractivity contribution in [1.29, 1.82) is 0 Å². The summed E-state index contributed by atoms with van der Waals surface area (Å²) >= 11 is 2.00. The Kier molecular flexibility index (Phi) is 3.63. The first kappa shape index (κ1) is 11.7. The molecule has 0 amide bonds. The maximum absolute atomic E-state index is 10.2. The van der Waals surface area contributed by atoms with Gasteiger partial charge in [-0.05, 0) is 31.9 Å². The Balaban J connectivity index is 1.69. The maximum Gasteiger partial charge on any atom is 0.0771 e. The van der Waals surface area contributed by atoms with Gasteiger partial charge >= 0.3 is 0 Å². The SMILES string of the molecule is CSC1(CNCC2(O)CCCC2)CCC1. The second-order valence-electron chi connectivity index (χ2n) is 5.28. The summed E-state index contributed by atoms with van der Waals surface area (Å²) in [5, 5.41) is 13.7. The second kappa shape index (κ2) is 4.64. The van der Waals surface area contributed by atoms with Crippen LogP contribution in [0.2, 0.25) is 0 Å². The standard InChI is InChI=1S/C12H23NOS/c1-15-12(7-4-8-12)10-13-9-11(14)5-2-3-6-11/h13-14H,2-10H2,1H3. The van der Waals surface area contributed by atoms with Crippen LogP contribution in [-0.2, 0) is 0 Å². The summed E-state index contributed by atoms with van der Waals surface area (Å²) in [6.45, 7) is 1.88. The van der Waals surface area contributed by atoms with Crippen molar-refractivity contribution in [3.63, 3.8) is 0 Å². The molecule has 0 aromatic heterocycles. The largest absolute Gasteiger partial charge is 0.389 e. The first-order valence-corrected chi connectivity index (χ1v) is 7.39. The summed E-state index contributed by atoms with van der Waals surface area (Å²) in [5.74, 6) is 0. The minimum Gasteiger partial charge on any atom is -0.389 e. The number of hydrogen-bond donors (Lipinski definition) is 2. The van der Waals surface area contributed by atoms with Crippen molar-refractivity contribution < 1.29 is 5.11 Å². The van der Waals surface area contributed by atoms with Gasteiger partial charge in [0.15, 0.2) is 0 Å². The predicted molar refractivity (Wildman–Crippen MR) is 66.4 cm³/mol. The molecule has 0 atom stereocenters. The van der Waals surface area contributed by atoms with Crippen LogP contribution in [-0.4, -0.2) is 34.8 Å². The van der Waals surface area contributed by atoms with Crippen molar-refractivity contribution in [3.8, 4) is 0 Å². The van der Waals surface area contributed by atoms with Crippen LogP contribution in [0.1, 0.15) is 44.9 Å². The molecule has 2 aliphatic carbocycles. The molecule has 0 radical (unpaired) electrons. The summed E-state index contributed by atoms with van der Waals surface area (Å²) < 4.78 is 0.495. The van der Waals surface area contributed by atoms with E-state index >= 15 is 0 Å². The van der Waals surface area contributed by atoms with Crippen LogP contribution in [0, 0.1) is 0 Å². The molecule has 0 unspecified atom stereocenters. The highest BCUT2D eigenvalue weighted by Gasteiger charge is 2.37. The summed E-state index contributed by atoms with van der Waals surface area (Å²) in [7, 11) is 0. The van der Waals surface area contributed by atoms with Crippen molar-refractivity contribution >= 4 is 11.8 Å². The molecule has 2 saturated carbocycles. The fourth-order valence-corrected chi connectivity index (χ4v) is 3.70. The van der Waals surface area contributed by atoms with E-state index in [1.165, 1.54) is 32.1 Å². The first-order valence-electron chi connectivity index (χ1n) is 6.16. The van der Waals surface area contributed by atoms with Crippen LogP contribution in [0.4, 0.5) is 0 Å². The number of thioether (sulfide) groups is 1. The van der Waals surface area contributed by atoms with E-state index in [1.54, 1.807) is 0 Å². The molecule has 0 aromatic rings. The highest BCUT2D eigenvalue weighted by molar-refractivity contribution is 8.00. The van der Waals surface area contributed by atoms with Crippen molar-refractivity contribution in [3.05, 3.63) is 0 Å². The summed E-state index contributed by atoms with van der Waals surface area (Å²) in [6.07, 6.45) is 10.7. The van der Waals surface area contributed by atoms with E-state index in [9.17, 15) is 5.11 Å². The van der Waals surface area contributed by atoms with Gasteiger partial charge in [0, 0.05) is 17.8 Å². The molecule has 0 saturated heterocycles. The van der Waals surface area contributed by atoms with E-state index < -0.39 is 0 Å². The Hall–Kier alpha value is 0.270. The molecule has 0 aromatic carbocycles. The molecule has 0 heterocycles. The normalized spacial score (nSPS) is 27.6. The van der Waals surface area contributed by atoms with Gasteiger partial charge in [-0.2, -0.15) is 11.8 Å². The lowest BCUT2D eigenvalue weighted by Crippen LogP contribution is -2.47. The monoisotopic (exact) mass is 229 g/mol. The highest BCUT2D eigenvalue weighted by atomic mass is 32.2. The van der Waals surface area contributed by atoms with Crippen LogP contribution < -0.4 is 5.32 Å². The van der Waals surface area contributed by atoms with Gasteiger partial charge in [-0.1, -0.05) is 19.3 Å². The van der Waals surface area contributed by atoms with Crippen LogP contribution in [0.25, 0.3) is 0 Å². The lowest BCUT2D eigenvalue weighted by Gasteiger charge is -2.41. The Morgan fingerprint density at radius 1 is 1.07 bits per heavy atom. The molecule has 0 spiro atoms. The summed E-state index contributed by atoms with van der Waals surface area (Å²) in [6, 6.07) is 0. The van der Waals surface area contributed by atoms with Gasteiger partial charge < -0.3 is 10.4 Å². The van der Waals surface area contributed by atoms with E-state index in [0.29, 0.717) is 4.75 Å². The van der Waals surface area contributed by atoms with E-state index in [4.69, 9.17) is 0 Å². The number of rotatable bonds is 5. The molecule has 2 fully saturated rings. The van der Waals surface area contributed by atoms with E-state index in [0.717, 1.165) is 25.9 Å². The number of aliphatic hydroxyl groups is 1. The molecule has 0 aliphatic heterocycles. The zero-order valence-electron chi connectivity index (χ0n) is 9.72. The molecule has 88 valence electrons. The fraction of sp³-hybridized carbons (Fsp3) is 1.00. The quantitative estimate of drug-likeness (QED) is 0.758. The number of hydrogen-bond acceptors (Lipinski definition) is 3. The van der Waals surface area contributed by atoms with Crippen LogP contribution in [0.3, 0.4) is 0 Å². The van der Waals surface area contributed by atoms with Gasteiger partial charge in [0.1, 0.15) is 0 Å². The predicted octanol–water partition coefficient (Wildman–Crippen LogP) is 2.17. The van der Waals surface area contributed by atoms with Crippen molar-refractivity contribution in [1.82, 2.24) is 5.32 Å². The molecule has 3 heteroatoms. The Bertz CT molecular complexity index is 202. The first-order chi connectivity index (χ1) is 7.18. The minimum atomic E-state index is -0.386. The minimum absolute atomic E-state index is 0.386. The van der Waals surface area contributed by atoms with E-state index in [2.05, 4.69) is 11.6 Å².